The van der Waals surface area contributed by atoms with Crippen molar-refractivity contribution >= 4 is 0 Å². The molecule has 1 aromatic heterocycles. The zero-order valence-corrected chi connectivity index (χ0v) is 11.5. The van der Waals surface area contributed by atoms with Crippen molar-refractivity contribution in [1.29, 1.82) is 0 Å². The highest BCUT2D eigenvalue weighted by Gasteiger charge is 2.46. The van der Waals surface area contributed by atoms with Crippen molar-refractivity contribution in [3.63, 3.8) is 0 Å². The number of pyridine rings is 1. The Morgan fingerprint density at radius 3 is 2.23 bits per heavy atom. The van der Waals surface area contributed by atoms with Gasteiger partial charge in [-0.25, -0.2) is 0 Å². The molecule has 22 heavy (non-hydrogen) atoms. The summed E-state index contributed by atoms with van der Waals surface area (Å²) in [7, 11) is 0. The third-order valence-electron chi connectivity index (χ3n) is 3.80. The highest BCUT2D eigenvalue weighted by Crippen LogP contribution is 2.49. The summed E-state index contributed by atoms with van der Waals surface area (Å²) in [5.41, 5.74) is -0.0510. The second-order valence-corrected chi connectivity index (χ2v) is 5.35. The van der Waals surface area contributed by atoms with E-state index in [4.69, 9.17) is 0 Å². The Balaban J connectivity index is 1.93. The van der Waals surface area contributed by atoms with Gasteiger partial charge in [-0.2, -0.15) is 0 Å². The van der Waals surface area contributed by atoms with Crippen LogP contribution in [0.5, 0.6) is 5.75 Å². The topological polar surface area (TPSA) is 42.4 Å². The number of aromatic nitrogens is 1. The Kier molecular flexibility index (Phi) is 3.56. The predicted octanol–water partition coefficient (Wildman–Crippen LogP) is 3.63. The summed E-state index contributed by atoms with van der Waals surface area (Å²) < 4.78 is 40.5. The third-order valence-corrected chi connectivity index (χ3v) is 3.80. The molecule has 0 saturated heterocycles. The Morgan fingerprint density at radius 1 is 1.05 bits per heavy atom. The van der Waals surface area contributed by atoms with E-state index in [-0.39, 0.29) is 11.7 Å². The molecule has 0 spiro atoms. The maximum absolute atomic E-state index is 12.2. The molecule has 1 atom stereocenters. The highest BCUT2D eigenvalue weighted by atomic mass is 19.4. The van der Waals surface area contributed by atoms with Gasteiger partial charge in [-0.15, -0.1) is 13.2 Å². The summed E-state index contributed by atoms with van der Waals surface area (Å²) in [6.07, 6.45) is 0.200. The van der Waals surface area contributed by atoms with Crippen LogP contribution in [0.1, 0.15) is 24.0 Å². The molecular formula is C16H14F3NO2. The van der Waals surface area contributed by atoms with Gasteiger partial charge in [0, 0.05) is 18.0 Å². The van der Waals surface area contributed by atoms with Gasteiger partial charge in [0.2, 0.25) is 0 Å². The molecule has 1 unspecified atom stereocenters. The Bertz CT molecular complexity index is 639. The quantitative estimate of drug-likeness (QED) is 0.938. The van der Waals surface area contributed by atoms with Crippen LogP contribution in [0.25, 0.3) is 0 Å². The number of hydrogen-bond acceptors (Lipinski definition) is 3. The SMILES string of the molecule is OC(c1ccc(OC(F)(F)F)cc1)(c1cccnc1)C1CC1. The molecule has 2 aromatic rings. The molecular weight excluding hydrogens is 295 g/mol. The third kappa shape index (κ3) is 2.92. The minimum absolute atomic E-state index is 0.0473. The minimum atomic E-state index is -4.72. The normalized spacial score (nSPS) is 17.8. The average molecular weight is 309 g/mol. The highest BCUT2D eigenvalue weighted by molar-refractivity contribution is 5.39. The summed E-state index contributed by atoms with van der Waals surface area (Å²) in [6, 6.07) is 8.85. The number of halogens is 3. The lowest BCUT2D eigenvalue weighted by atomic mass is 9.83. The van der Waals surface area contributed by atoms with E-state index in [0.29, 0.717) is 11.1 Å². The molecule has 1 aromatic carbocycles. The van der Waals surface area contributed by atoms with Crippen molar-refractivity contribution in [1.82, 2.24) is 4.98 Å². The predicted molar refractivity (Wildman–Crippen MR) is 73.1 cm³/mol. The maximum Gasteiger partial charge on any atom is 0.573 e. The van der Waals surface area contributed by atoms with E-state index >= 15 is 0 Å². The van der Waals surface area contributed by atoms with Crippen LogP contribution in [0.2, 0.25) is 0 Å². The van der Waals surface area contributed by atoms with Gasteiger partial charge in [-0.1, -0.05) is 18.2 Å². The maximum atomic E-state index is 12.2. The fourth-order valence-corrected chi connectivity index (χ4v) is 2.64. The first-order valence-electron chi connectivity index (χ1n) is 6.89. The van der Waals surface area contributed by atoms with E-state index in [0.717, 1.165) is 12.8 Å². The average Bonchev–Trinajstić information content (AvgIpc) is 3.31. The molecule has 1 N–H and O–H groups in total. The Morgan fingerprint density at radius 2 is 1.73 bits per heavy atom. The number of benzene rings is 1. The molecule has 0 aliphatic heterocycles. The number of alkyl halides is 3. The van der Waals surface area contributed by atoms with Gasteiger partial charge in [0.15, 0.2) is 0 Å². The van der Waals surface area contributed by atoms with E-state index in [1.54, 1.807) is 24.5 Å². The summed E-state index contributed by atoms with van der Waals surface area (Å²) in [4.78, 5) is 4.02. The van der Waals surface area contributed by atoms with Crippen LogP contribution in [-0.4, -0.2) is 16.5 Å². The van der Waals surface area contributed by atoms with E-state index in [9.17, 15) is 18.3 Å². The molecule has 1 aliphatic carbocycles. The van der Waals surface area contributed by atoms with Gasteiger partial charge in [0.05, 0.1) is 0 Å². The fourth-order valence-electron chi connectivity index (χ4n) is 2.64. The second kappa shape index (κ2) is 5.28. The van der Waals surface area contributed by atoms with Crippen molar-refractivity contribution < 1.29 is 23.0 Å². The minimum Gasteiger partial charge on any atom is -0.406 e. The summed E-state index contributed by atoms with van der Waals surface area (Å²) >= 11 is 0. The van der Waals surface area contributed by atoms with Crippen LogP contribution in [0, 0.1) is 5.92 Å². The van der Waals surface area contributed by atoms with Gasteiger partial charge in [-0.3, -0.25) is 4.98 Å². The van der Waals surface area contributed by atoms with Crippen LogP contribution in [0.15, 0.2) is 48.8 Å². The molecule has 3 nitrogen and oxygen atoms in total. The van der Waals surface area contributed by atoms with Crippen LogP contribution in [0.3, 0.4) is 0 Å². The van der Waals surface area contributed by atoms with Gasteiger partial charge in [-0.05, 0) is 42.5 Å². The molecule has 1 aliphatic rings. The standard InChI is InChI=1S/C16H14F3NO2/c17-16(18,19)22-14-7-5-12(6-8-14)15(21,11-3-4-11)13-2-1-9-20-10-13/h1-2,5-11,21H,3-4H2. The summed E-state index contributed by atoms with van der Waals surface area (Å²) in [5, 5.41) is 11.1. The number of aliphatic hydroxyl groups is 1. The fraction of sp³-hybridized carbons (Fsp3) is 0.312. The first kappa shape index (κ1) is 14.8. The van der Waals surface area contributed by atoms with E-state index in [2.05, 4.69) is 9.72 Å². The van der Waals surface area contributed by atoms with Gasteiger partial charge in [0.1, 0.15) is 11.4 Å². The lowest BCUT2D eigenvalue weighted by molar-refractivity contribution is -0.274. The van der Waals surface area contributed by atoms with Gasteiger partial charge >= 0.3 is 6.36 Å². The smallest absolute Gasteiger partial charge is 0.406 e. The largest absolute Gasteiger partial charge is 0.573 e. The first-order chi connectivity index (χ1) is 10.4. The van der Waals surface area contributed by atoms with E-state index in [1.165, 1.54) is 24.3 Å². The Hall–Kier alpha value is -2.08. The van der Waals surface area contributed by atoms with E-state index < -0.39 is 12.0 Å². The van der Waals surface area contributed by atoms with Crippen molar-refractivity contribution in [2.75, 3.05) is 0 Å². The zero-order valence-electron chi connectivity index (χ0n) is 11.5. The summed E-state index contributed by atoms with van der Waals surface area (Å²) in [5.74, 6) is -0.258. The molecule has 0 radical (unpaired) electrons. The van der Waals surface area contributed by atoms with Gasteiger partial charge in [0.25, 0.3) is 0 Å². The second-order valence-electron chi connectivity index (χ2n) is 5.35. The zero-order chi connectivity index (χ0) is 15.8. The number of nitrogens with zero attached hydrogens (tertiary/aromatic N) is 1. The lowest BCUT2D eigenvalue weighted by Gasteiger charge is -2.29. The molecule has 1 heterocycles. The van der Waals surface area contributed by atoms with Gasteiger partial charge < -0.3 is 9.84 Å². The number of rotatable bonds is 4. The van der Waals surface area contributed by atoms with E-state index in [1.807, 2.05) is 0 Å². The molecule has 1 fully saturated rings. The van der Waals surface area contributed by atoms with Crippen molar-refractivity contribution in [3.8, 4) is 5.75 Å². The number of hydrogen-bond donors (Lipinski definition) is 1. The van der Waals surface area contributed by atoms with Crippen LogP contribution in [-0.2, 0) is 5.60 Å². The first-order valence-corrected chi connectivity index (χ1v) is 6.89. The van der Waals surface area contributed by atoms with Crippen molar-refractivity contribution in [2.24, 2.45) is 5.92 Å². The molecule has 116 valence electrons. The lowest BCUT2D eigenvalue weighted by Crippen LogP contribution is -2.30. The molecule has 0 bridgehead atoms. The van der Waals surface area contributed by atoms with Crippen molar-refractivity contribution in [2.45, 2.75) is 24.8 Å². The molecule has 3 rings (SSSR count). The van der Waals surface area contributed by atoms with Crippen LogP contribution >= 0.6 is 0 Å². The Labute approximate surface area is 125 Å². The van der Waals surface area contributed by atoms with Crippen LogP contribution in [0.4, 0.5) is 13.2 Å². The molecule has 1 saturated carbocycles. The van der Waals surface area contributed by atoms with Crippen LogP contribution < -0.4 is 4.74 Å². The molecule has 6 heteroatoms. The van der Waals surface area contributed by atoms with Crippen molar-refractivity contribution in [3.05, 3.63) is 59.9 Å². The summed E-state index contributed by atoms with van der Waals surface area (Å²) in [6.45, 7) is 0. The molecule has 0 amide bonds. The number of ether oxygens (including phenoxy) is 1. The monoisotopic (exact) mass is 309 g/mol.